The predicted molar refractivity (Wildman–Crippen MR) is 86.3 cm³/mol. The quantitative estimate of drug-likeness (QED) is 0.680. The molecule has 0 unspecified atom stereocenters. The summed E-state index contributed by atoms with van der Waals surface area (Å²) in [6, 6.07) is 8.84. The number of ether oxygens (including phenoxy) is 1. The van der Waals surface area contributed by atoms with E-state index in [4.69, 9.17) is 18.7 Å². The van der Waals surface area contributed by atoms with Gasteiger partial charge in [-0.05, 0) is 6.07 Å². The fourth-order valence-electron chi connectivity index (χ4n) is 2.03. The van der Waals surface area contributed by atoms with Crippen molar-refractivity contribution < 1.29 is 18.7 Å². The summed E-state index contributed by atoms with van der Waals surface area (Å²) in [5.74, 6) is 1.56. The first-order valence-electron chi connectivity index (χ1n) is 7.03. The highest BCUT2D eigenvalue weighted by atomic mass is 32.2. The molecule has 7 nitrogen and oxygen atoms in total. The lowest BCUT2D eigenvalue weighted by Gasteiger charge is -2.05. The van der Waals surface area contributed by atoms with Crippen molar-refractivity contribution in [3.63, 3.8) is 0 Å². The first-order chi connectivity index (χ1) is 11.7. The standard InChI is InChI=1S/C16H14N2O5S/c1-21-14-5-3-2-4-10(14)6-15-17-18-16(23-15)24-9-11-7-12(19)13(20)8-22-11/h2-5,7-8,20H,6,9H2,1H3. The summed E-state index contributed by atoms with van der Waals surface area (Å²) in [5, 5.41) is 17.5. The van der Waals surface area contributed by atoms with Crippen molar-refractivity contribution in [3.8, 4) is 11.5 Å². The van der Waals surface area contributed by atoms with Crippen LogP contribution in [0.4, 0.5) is 0 Å². The van der Waals surface area contributed by atoms with Gasteiger partial charge in [0.05, 0.1) is 19.3 Å². The molecular formula is C16H14N2O5S. The highest BCUT2D eigenvalue weighted by molar-refractivity contribution is 7.98. The molecule has 0 aliphatic carbocycles. The molecule has 2 aromatic heterocycles. The predicted octanol–water partition coefficient (Wildman–Crippen LogP) is 2.62. The van der Waals surface area contributed by atoms with Crippen LogP contribution in [-0.2, 0) is 12.2 Å². The molecule has 1 N–H and O–H groups in total. The summed E-state index contributed by atoms with van der Waals surface area (Å²) in [4.78, 5) is 11.3. The highest BCUT2D eigenvalue weighted by Gasteiger charge is 2.11. The van der Waals surface area contributed by atoms with Crippen LogP contribution in [0.2, 0.25) is 0 Å². The van der Waals surface area contributed by atoms with E-state index in [1.807, 2.05) is 24.3 Å². The summed E-state index contributed by atoms with van der Waals surface area (Å²) in [6.45, 7) is 0. The van der Waals surface area contributed by atoms with E-state index in [2.05, 4.69) is 10.2 Å². The maximum Gasteiger partial charge on any atom is 0.277 e. The molecule has 3 rings (SSSR count). The molecule has 0 aliphatic heterocycles. The van der Waals surface area contributed by atoms with Gasteiger partial charge in [-0.15, -0.1) is 10.2 Å². The number of para-hydroxylation sites is 1. The van der Waals surface area contributed by atoms with E-state index < -0.39 is 11.2 Å². The summed E-state index contributed by atoms with van der Waals surface area (Å²) < 4.78 is 16.0. The Hall–Kier alpha value is -2.74. The molecule has 24 heavy (non-hydrogen) atoms. The first kappa shape index (κ1) is 16.1. The molecule has 1 aromatic carbocycles. The number of hydrogen-bond donors (Lipinski definition) is 1. The Kier molecular flexibility index (Phi) is 4.85. The van der Waals surface area contributed by atoms with Gasteiger partial charge < -0.3 is 18.7 Å². The maximum atomic E-state index is 11.3. The van der Waals surface area contributed by atoms with E-state index in [0.717, 1.165) is 17.6 Å². The van der Waals surface area contributed by atoms with Crippen LogP contribution in [0, 0.1) is 0 Å². The lowest BCUT2D eigenvalue weighted by Crippen LogP contribution is -1.98. The second-order valence-electron chi connectivity index (χ2n) is 4.83. The molecule has 0 radical (unpaired) electrons. The third kappa shape index (κ3) is 3.77. The number of aromatic hydroxyl groups is 1. The zero-order valence-electron chi connectivity index (χ0n) is 12.8. The molecule has 3 aromatic rings. The average molecular weight is 346 g/mol. The van der Waals surface area contributed by atoms with E-state index in [0.29, 0.717) is 29.0 Å². The van der Waals surface area contributed by atoms with Crippen LogP contribution < -0.4 is 10.2 Å². The molecule has 0 aliphatic rings. The van der Waals surface area contributed by atoms with Gasteiger partial charge in [0.15, 0.2) is 5.75 Å². The van der Waals surface area contributed by atoms with Gasteiger partial charge in [0.25, 0.3) is 5.22 Å². The van der Waals surface area contributed by atoms with Crippen molar-refractivity contribution >= 4 is 11.8 Å². The van der Waals surface area contributed by atoms with Gasteiger partial charge >= 0.3 is 0 Å². The van der Waals surface area contributed by atoms with E-state index in [9.17, 15) is 4.79 Å². The largest absolute Gasteiger partial charge is 0.502 e. The van der Waals surface area contributed by atoms with Crippen molar-refractivity contribution in [1.82, 2.24) is 10.2 Å². The molecular weight excluding hydrogens is 332 g/mol. The molecule has 0 atom stereocenters. The van der Waals surface area contributed by atoms with Gasteiger partial charge in [0, 0.05) is 11.6 Å². The lowest BCUT2D eigenvalue weighted by atomic mass is 10.1. The van der Waals surface area contributed by atoms with Gasteiger partial charge in [-0.25, -0.2) is 0 Å². The van der Waals surface area contributed by atoms with Crippen LogP contribution in [0.3, 0.4) is 0 Å². The van der Waals surface area contributed by atoms with Crippen LogP contribution in [0.25, 0.3) is 0 Å². The Labute approximate surface area is 141 Å². The number of hydrogen-bond acceptors (Lipinski definition) is 8. The number of nitrogens with zero attached hydrogens (tertiary/aromatic N) is 2. The molecule has 0 fully saturated rings. The number of methoxy groups -OCH3 is 1. The summed E-state index contributed by atoms with van der Waals surface area (Å²) >= 11 is 1.24. The maximum absolute atomic E-state index is 11.3. The van der Waals surface area contributed by atoms with Gasteiger partial charge in [0.1, 0.15) is 17.8 Å². The Morgan fingerprint density at radius 2 is 2.12 bits per heavy atom. The molecule has 124 valence electrons. The zero-order chi connectivity index (χ0) is 16.9. The normalized spacial score (nSPS) is 10.7. The van der Waals surface area contributed by atoms with Crippen molar-refractivity contribution in [2.24, 2.45) is 0 Å². The van der Waals surface area contributed by atoms with E-state index in [1.165, 1.54) is 17.8 Å². The van der Waals surface area contributed by atoms with Crippen molar-refractivity contribution in [1.29, 1.82) is 0 Å². The smallest absolute Gasteiger partial charge is 0.277 e. The minimum atomic E-state index is -0.487. The Morgan fingerprint density at radius 3 is 2.92 bits per heavy atom. The third-order valence-electron chi connectivity index (χ3n) is 3.19. The summed E-state index contributed by atoms with van der Waals surface area (Å²) in [7, 11) is 1.61. The number of thioether (sulfide) groups is 1. The van der Waals surface area contributed by atoms with Crippen LogP contribution in [0.1, 0.15) is 17.2 Å². The van der Waals surface area contributed by atoms with E-state index in [1.54, 1.807) is 7.11 Å². The Morgan fingerprint density at radius 1 is 1.29 bits per heavy atom. The van der Waals surface area contributed by atoms with E-state index in [-0.39, 0.29) is 0 Å². The summed E-state index contributed by atoms with van der Waals surface area (Å²) in [5.41, 5.74) is 0.462. The second kappa shape index (κ2) is 7.22. The van der Waals surface area contributed by atoms with Crippen molar-refractivity contribution in [3.05, 3.63) is 64.0 Å². The van der Waals surface area contributed by atoms with Crippen LogP contribution in [0.5, 0.6) is 11.5 Å². The fraction of sp³-hybridized carbons (Fsp3) is 0.188. The Balaban J connectivity index is 1.65. The minimum absolute atomic E-state index is 0.339. The van der Waals surface area contributed by atoms with E-state index >= 15 is 0 Å². The second-order valence-corrected chi connectivity index (χ2v) is 5.76. The number of benzene rings is 1. The summed E-state index contributed by atoms with van der Waals surface area (Å²) in [6.07, 6.45) is 1.48. The minimum Gasteiger partial charge on any atom is -0.502 e. The van der Waals surface area contributed by atoms with Gasteiger partial charge in [-0.3, -0.25) is 4.79 Å². The Bertz CT molecular complexity index is 890. The molecule has 0 saturated heterocycles. The van der Waals surface area contributed by atoms with Crippen LogP contribution in [0.15, 0.2) is 55.4 Å². The lowest BCUT2D eigenvalue weighted by molar-refractivity contribution is 0.399. The average Bonchev–Trinajstić information content (AvgIpc) is 3.04. The molecule has 8 heteroatoms. The number of aromatic nitrogens is 2. The highest BCUT2D eigenvalue weighted by Crippen LogP contribution is 2.24. The molecule has 0 spiro atoms. The number of rotatable bonds is 6. The molecule has 0 amide bonds. The molecule has 0 saturated carbocycles. The van der Waals surface area contributed by atoms with Gasteiger partial charge in [0.2, 0.25) is 11.3 Å². The monoisotopic (exact) mass is 346 g/mol. The van der Waals surface area contributed by atoms with Gasteiger partial charge in [-0.2, -0.15) is 0 Å². The zero-order valence-corrected chi connectivity index (χ0v) is 13.6. The third-order valence-corrected chi connectivity index (χ3v) is 4.03. The van der Waals surface area contributed by atoms with Crippen molar-refractivity contribution in [2.45, 2.75) is 17.4 Å². The van der Waals surface area contributed by atoms with Crippen LogP contribution >= 0.6 is 11.8 Å². The van der Waals surface area contributed by atoms with Gasteiger partial charge in [-0.1, -0.05) is 30.0 Å². The topological polar surface area (TPSA) is 98.6 Å². The SMILES string of the molecule is COc1ccccc1Cc1nnc(SCc2cc(=O)c(O)co2)o1. The first-order valence-corrected chi connectivity index (χ1v) is 8.02. The molecule has 2 heterocycles. The van der Waals surface area contributed by atoms with Crippen molar-refractivity contribution in [2.75, 3.05) is 7.11 Å². The molecule has 0 bridgehead atoms. The fourth-order valence-corrected chi connectivity index (χ4v) is 2.70. The van der Waals surface area contributed by atoms with Crippen LogP contribution in [-0.4, -0.2) is 22.4 Å².